The highest BCUT2D eigenvalue weighted by Crippen LogP contribution is 2.13. The summed E-state index contributed by atoms with van der Waals surface area (Å²) in [5.41, 5.74) is 0. The van der Waals surface area contributed by atoms with Crippen molar-refractivity contribution in [2.45, 2.75) is 52.1 Å². The van der Waals surface area contributed by atoms with Gasteiger partial charge in [0.25, 0.3) is 0 Å². The van der Waals surface area contributed by atoms with Gasteiger partial charge >= 0.3 is 0 Å². The lowest BCUT2D eigenvalue weighted by atomic mass is 10.2. The van der Waals surface area contributed by atoms with Gasteiger partial charge < -0.3 is 5.32 Å². The normalized spacial score (nSPS) is 20.8. The van der Waals surface area contributed by atoms with E-state index in [4.69, 9.17) is 0 Å². The zero-order valence-corrected chi connectivity index (χ0v) is 11.9. The minimum atomic E-state index is -0.568. The Hall–Kier alpha value is -1.43. The highest BCUT2D eigenvalue weighted by Gasteiger charge is 2.38. The first-order valence-corrected chi connectivity index (χ1v) is 6.89. The average Bonchev–Trinajstić information content (AvgIpc) is 2.64. The fourth-order valence-electron chi connectivity index (χ4n) is 2.05. The second-order valence-corrected chi connectivity index (χ2v) is 4.82. The van der Waals surface area contributed by atoms with Gasteiger partial charge in [-0.3, -0.25) is 24.6 Å². The molecule has 1 aliphatic rings. The lowest BCUT2D eigenvalue weighted by Gasteiger charge is -2.18. The third kappa shape index (κ3) is 4.02. The van der Waals surface area contributed by atoms with E-state index in [-0.39, 0.29) is 24.1 Å². The van der Waals surface area contributed by atoms with Crippen LogP contribution in [0.4, 0.5) is 0 Å². The molecule has 1 saturated heterocycles. The molecule has 108 valence electrons. The summed E-state index contributed by atoms with van der Waals surface area (Å²) in [7, 11) is 0. The summed E-state index contributed by atoms with van der Waals surface area (Å²) in [4.78, 5) is 36.6. The van der Waals surface area contributed by atoms with E-state index in [1.807, 2.05) is 13.8 Å². The van der Waals surface area contributed by atoms with Gasteiger partial charge in [-0.15, -0.1) is 0 Å². The molecule has 3 amide bonds. The molecule has 19 heavy (non-hydrogen) atoms. The predicted molar refractivity (Wildman–Crippen MR) is 71.3 cm³/mol. The highest BCUT2D eigenvalue weighted by molar-refractivity contribution is 6.05. The number of nitrogens with one attached hydrogen (secondary N) is 2. The van der Waals surface area contributed by atoms with Crippen LogP contribution in [0.5, 0.6) is 0 Å². The van der Waals surface area contributed by atoms with Gasteiger partial charge in [0.15, 0.2) is 0 Å². The van der Waals surface area contributed by atoms with Crippen LogP contribution in [0.3, 0.4) is 0 Å². The number of amides is 3. The van der Waals surface area contributed by atoms with Crippen molar-refractivity contribution >= 4 is 17.7 Å². The summed E-state index contributed by atoms with van der Waals surface area (Å²) in [5, 5.41) is 5.69. The Balaban J connectivity index is 2.51. The van der Waals surface area contributed by atoms with Crippen molar-refractivity contribution in [3.8, 4) is 0 Å². The van der Waals surface area contributed by atoms with Crippen LogP contribution < -0.4 is 10.6 Å². The van der Waals surface area contributed by atoms with Crippen molar-refractivity contribution in [2.24, 2.45) is 0 Å². The number of imide groups is 1. The molecule has 0 spiro atoms. The smallest absolute Gasteiger partial charge is 0.246 e. The van der Waals surface area contributed by atoms with Crippen LogP contribution in [-0.2, 0) is 14.4 Å². The Bertz CT molecular complexity index is 357. The van der Waals surface area contributed by atoms with Crippen LogP contribution in [0, 0.1) is 0 Å². The van der Waals surface area contributed by atoms with Crippen molar-refractivity contribution in [3.05, 3.63) is 0 Å². The van der Waals surface area contributed by atoms with E-state index in [1.165, 1.54) is 4.90 Å². The first-order chi connectivity index (χ1) is 9.01. The molecule has 0 aromatic rings. The van der Waals surface area contributed by atoms with Gasteiger partial charge in [0.1, 0.15) is 0 Å². The summed E-state index contributed by atoms with van der Waals surface area (Å²) in [6.45, 7) is 6.66. The Morgan fingerprint density at radius 2 is 2.05 bits per heavy atom. The predicted octanol–water partition coefficient (Wildman–Crippen LogP) is 0.0282. The monoisotopic (exact) mass is 269 g/mol. The van der Waals surface area contributed by atoms with Crippen molar-refractivity contribution in [3.63, 3.8) is 0 Å². The van der Waals surface area contributed by atoms with Gasteiger partial charge in [-0.2, -0.15) is 0 Å². The third-order valence-corrected chi connectivity index (χ3v) is 3.08. The zero-order chi connectivity index (χ0) is 14.4. The highest BCUT2D eigenvalue weighted by atomic mass is 16.2. The maximum absolute atomic E-state index is 12.0. The van der Waals surface area contributed by atoms with Crippen LogP contribution in [-0.4, -0.2) is 47.8 Å². The summed E-state index contributed by atoms with van der Waals surface area (Å²) in [6.07, 6.45) is 1.75. The largest absolute Gasteiger partial charge is 0.355 e. The Labute approximate surface area is 113 Å². The Morgan fingerprint density at radius 1 is 1.37 bits per heavy atom. The number of carbonyl (C=O) groups is 3. The summed E-state index contributed by atoms with van der Waals surface area (Å²) >= 11 is 0. The van der Waals surface area contributed by atoms with Crippen molar-refractivity contribution in [2.75, 3.05) is 13.1 Å². The number of nitrogens with zero attached hydrogens (tertiary/aromatic N) is 1. The molecular formula is C13H23N3O3. The van der Waals surface area contributed by atoms with Gasteiger partial charge in [0.2, 0.25) is 17.7 Å². The molecule has 1 aliphatic heterocycles. The molecule has 1 heterocycles. The molecule has 2 N–H and O–H groups in total. The lowest BCUT2D eigenvalue weighted by Crippen LogP contribution is -2.49. The van der Waals surface area contributed by atoms with E-state index in [2.05, 4.69) is 10.6 Å². The molecular weight excluding hydrogens is 246 g/mol. The zero-order valence-electron chi connectivity index (χ0n) is 11.9. The van der Waals surface area contributed by atoms with Crippen LogP contribution in [0.15, 0.2) is 0 Å². The van der Waals surface area contributed by atoms with Crippen molar-refractivity contribution < 1.29 is 14.4 Å². The van der Waals surface area contributed by atoms with E-state index in [0.717, 1.165) is 12.8 Å². The second-order valence-electron chi connectivity index (χ2n) is 4.82. The molecule has 2 unspecified atom stereocenters. The first-order valence-electron chi connectivity index (χ1n) is 6.89. The fraction of sp³-hybridized carbons (Fsp3) is 0.769. The van der Waals surface area contributed by atoms with E-state index >= 15 is 0 Å². The number of carbonyl (C=O) groups excluding carboxylic acids is 3. The number of hydrogen-bond donors (Lipinski definition) is 2. The van der Waals surface area contributed by atoms with Crippen LogP contribution in [0.1, 0.15) is 40.0 Å². The molecule has 6 heteroatoms. The van der Waals surface area contributed by atoms with E-state index in [0.29, 0.717) is 13.1 Å². The van der Waals surface area contributed by atoms with Crippen molar-refractivity contribution in [1.29, 1.82) is 0 Å². The molecule has 0 aromatic carbocycles. The van der Waals surface area contributed by atoms with E-state index < -0.39 is 12.1 Å². The Kier molecular flexibility index (Phi) is 5.95. The van der Waals surface area contributed by atoms with Gasteiger partial charge in [-0.1, -0.05) is 13.8 Å². The molecule has 1 fully saturated rings. The van der Waals surface area contributed by atoms with E-state index in [9.17, 15) is 14.4 Å². The second kappa shape index (κ2) is 7.23. The topological polar surface area (TPSA) is 78.5 Å². The number of hydrogen-bond acceptors (Lipinski definition) is 4. The molecule has 1 rings (SSSR count). The molecule has 0 saturated carbocycles. The minimum absolute atomic E-state index is 0.143. The first kappa shape index (κ1) is 15.6. The van der Waals surface area contributed by atoms with Gasteiger partial charge in [-0.25, -0.2) is 0 Å². The third-order valence-electron chi connectivity index (χ3n) is 3.08. The number of rotatable bonds is 7. The molecule has 2 atom stereocenters. The number of likely N-dealkylation sites (tertiary alicyclic amines) is 1. The van der Waals surface area contributed by atoms with Gasteiger partial charge in [0, 0.05) is 13.1 Å². The Morgan fingerprint density at radius 3 is 2.63 bits per heavy atom. The SMILES string of the molecule is CCCNC(=O)C(C)NC1CC(=O)N(CCC)C1=O. The van der Waals surface area contributed by atoms with Crippen LogP contribution in [0.2, 0.25) is 0 Å². The summed E-state index contributed by atoms with van der Waals surface area (Å²) in [5.74, 6) is -0.524. The van der Waals surface area contributed by atoms with Gasteiger partial charge in [-0.05, 0) is 19.8 Å². The molecule has 0 aromatic heterocycles. The van der Waals surface area contributed by atoms with E-state index in [1.54, 1.807) is 6.92 Å². The lowest BCUT2D eigenvalue weighted by molar-refractivity contribution is -0.138. The molecule has 0 bridgehead atoms. The van der Waals surface area contributed by atoms with Crippen molar-refractivity contribution in [1.82, 2.24) is 15.5 Å². The molecule has 0 radical (unpaired) electrons. The fourth-order valence-corrected chi connectivity index (χ4v) is 2.05. The quantitative estimate of drug-likeness (QED) is 0.639. The average molecular weight is 269 g/mol. The summed E-state index contributed by atoms with van der Waals surface area (Å²) < 4.78 is 0. The maximum atomic E-state index is 12.0. The molecule has 0 aliphatic carbocycles. The van der Waals surface area contributed by atoms with Gasteiger partial charge in [0.05, 0.1) is 18.5 Å². The van der Waals surface area contributed by atoms with Crippen LogP contribution >= 0.6 is 0 Å². The minimum Gasteiger partial charge on any atom is -0.355 e. The standard InChI is InChI=1S/C13H23N3O3/c1-4-6-14-12(18)9(3)15-10-8-11(17)16(7-5-2)13(10)19/h9-10,15H,4-8H2,1-3H3,(H,14,18). The molecule has 6 nitrogen and oxygen atoms in total. The van der Waals surface area contributed by atoms with Crippen LogP contribution in [0.25, 0.3) is 0 Å². The summed E-state index contributed by atoms with van der Waals surface area (Å²) in [6, 6.07) is -1.05. The maximum Gasteiger partial charge on any atom is 0.246 e.